The molecule has 1 aliphatic rings. The van der Waals surface area contributed by atoms with Crippen LogP contribution in [0.25, 0.3) is 16.6 Å². The van der Waals surface area contributed by atoms with E-state index in [1.165, 1.54) is 0 Å². The van der Waals surface area contributed by atoms with E-state index in [0.717, 1.165) is 16.8 Å². The van der Waals surface area contributed by atoms with Crippen LogP contribution in [-0.4, -0.2) is 56.1 Å². The van der Waals surface area contributed by atoms with Crippen molar-refractivity contribution >= 4 is 28.4 Å². The molecule has 36 heavy (non-hydrogen) atoms. The Kier molecular flexibility index (Phi) is 7.35. The molecule has 0 unspecified atom stereocenters. The van der Waals surface area contributed by atoms with Gasteiger partial charge >= 0.3 is 0 Å². The highest BCUT2D eigenvalue weighted by molar-refractivity contribution is 6.06. The van der Waals surface area contributed by atoms with Crippen molar-refractivity contribution in [2.24, 2.45) is 5.73 Å². The number of carbonyl (C=O) groups excluding carboxylic acids is 2. The number of carbonyl (C=O) groups is 2. The maximum atomic E-state index is 13.4. The predicted molar refractivity (Wildman–Crippen MR) is 138 cm³/mol. The van der Waals surface area contributed by atoms with Crippen LogP contribution in [0.2, 0.25) is 0 Å². The molecule has 10 nitrogen and oxygen atoms in total. The van der Waals surface area contributed by atoms with Gasteiger partial charge in [0.25, 0.3) is 11.5 Å². The van der Waals surface area contributed by atoms with Crippen molar-refractivity contribution in [3.05, 3.63) is 62.8 Å². The van der Waals surface area contributed by atoms with Gasteiger partial charge in [0.05, 0.1) is 22.8 Å². The molecule has 0 fully saturated rings. The highest BCUT2D eigenvalue weighted by atomic mass is 16.2. The molecule has 0 radical (unpaired) electrons. The third-order valence-corrected chi connectivity index (χ3v) is 6.47. The highest BCUT2D eigenvalue weighted by Crippen LogP contribution is 2.27. The second-order valence-corrected chi connectivity index (χ2v) is 9.46. The fourth-order valence-corrected chi connectivity index (χ4v) is 4.52. The number of nitrogens with zero attached hydrogens (tertiary/aromatic N) is 4. The molecule has 4 N–H and O–H groups in total. The van der Waals surface area contributed by atoms with E-state index in [1.807, 2.05) is 39.8 Å². The number of hydrogen-bond donors (Lipinski definition) is 3. The maximum Gasteiger partial charge on any atom is 0.253 e. The first-order valence-electron chi connectivity index (χ1n) is 12.2. The van der Waals surface area contributed by atoms with E-state index >= 15 is 0 Å². The molecule has 4 heterocycles. The Morgan fingerprint density at radius 3 is 2.67 bits per heavy atom. The van der Waals surface area contributed by atoms with Crippen molar-refractivity contribution in [3.8, 4) is 0 Å². The van der Waals surface area contributed by atoms with Crippen LogP contribution >= 0.6 is 0 Å². The third-order valence-electron chi connectivity index (χ3n) is 6.47. The lowest BCUT2D eigenvalue weighted by Gasteiger charge is -2.26. The average Bonchev–Trinajstić information content (AvgIpc) is 3.27. The van der Waals surface area contributed by atoms with Crippen molar-refractivity contribution in [1.29, 1.82) is 0 Å². The quantitative estimate of drug-likeness (QED) is 0.463. The molecule has 3 aromatic heterocycles. The highest BCUT2D eigenvalue weighted by Gasteiger charge is 2.22. The van der Waals surface area contributed by atoms with Gasteiger partial charge in [-0.1, -0.05) is 6.08 Å². The molecule has 0 aliphatic carbocycles. The van der Waals surface area contributed by atoms with Gasteiger partial charge in [-0.2, -0.15) is 5.10 Å². The summed E-state index contributed by atoms with van der Waals surface area (Å²) in [4.78, 5) is 47.4. The van der Waals surface area contributed by atoms with E-state index in [4.69, 9.17) is 10.7 Å². The van der Waals surface area contributed by atoms with Crippen LogP contribution in [0.3, 0.4) is 0 Å². The van der Waals surface area contributed by atoms with Crippen LogP contribution in [0.15, 0.2) is 29.2 Å². The molecule has 4 rings (SSSR count). The van der Waals surface area contributed by atoms with E-state index in [9.17, 15) is 14.4 Å². The van der Waals surface area contributed by atoms with Gasteiger partial charge in [-0.15, -0.1) is 0 Å². The summed E-state index contributed by atoms with van der Waals surface area (Å²) in [5.41, 5.74) is 10.2. The molecule has 2 amide bonds. The number of aromatic amines is 1. The smallest absolute Gasteiger partial charge is 0.253 e. The molecule has 0 spiro atoms. The summed E-state index contributed by atoms with van der Waals surface area (Å²) in [6.07, 6.45) is 4.60. The summed E-state index contributed by atoms with van der Waals surface area (Å²) in [7, 11) is 0. The Morgan fingerprint density at radius 2 is 2.03 bits per heavy atom. The predicted octanol–water partition coefficient (Wildman–Crippen LogP) is 2.21. The molecule has 0 saturated heterocycles. The number of hydrogen-bond acceptors (Lipinski definition) is 6. The molecule has 3 aromatic rings. The number of amides is 2. The topological polar surface area (TPSA) is 139 Å². The van der Waals surface area contributed by atoms with Gasteiger partial charge in [0, 0.05) is 49.9 Å². The van der Waals surface area contributed by atoms with E-state index in [0.29, 0.717) is 60.3 Å². The van der Waals surface area contributed by atoms with Gasteiger partial charge in [0.15, 0.2) is 5.65 Å². The Bertz CT molecular complexity index is 1400. The number of pyridine rings is 2. The average molecular weight is 492 g/mol. The number of nitrogens with two attached hydrogens (primary N) is 1. The summed E-state index contributed by atoms with van der Waals surface area (Å²) in [6.45, 7) is 9.19. The van der Waals surface area contributed by atoms with E-state index in [2.05, 4.69) is 15.4 Å². The first kappa shape index (κ1) is 25.3. The van der Waals surface area contributed by atoms with Crippen LogP contribution in [0.5, 0.6) is 0 Å². The second-order valence-electron chi connectivity index (χ2n) is 9.46. The first-order chi connectivity index (χ1) is 17.2. The van der Waals surface area contributed by atoms with E-state index in [-0.39, 0.29) is 30.0 Å². The summed E-state index contributed by atoms with van der Waals surface area (Å²) >= 11 is 0. The number of H-pyrrole nitrogens is 1. The fourth-order valence-electron chi connectivity index (χ4n) is 4.52. The molecule has 0 bridgehead atoms. The lowest BCUT2D eigenvalue weighted by Crippen LogP contribution is -2.35. The molecule has 0 aromatic carbocycles. The summed E-state index contributed by atoms with van der Waals surface area (Å²) in [5.74, 6) is -0.266. The molecule has 10 heteroatoms. The summed E-state index contributed by atoms with van der Waals surface area (Å²) < 4.78 is 1.80. The zero-order chi connectivity index (χ0) is 26.0. The number of aromatic nitrogens is 4. The van der Waals surface area contributed by atoms with Gasteiger partial charge in [0.2, 0.25) is 5.91 Å². The fraction of sp³-hybridized carbons (Fsp3) is 0.423. The summed E-state index contributed by atoms with van der Waals surface area (Å²) in [6, 6.07) is 3.72. The lowest BCUT2D eigenvalue weighted by molar-refractivity contribution is -0.130. The largest absolute Gasteiger partial charge is 0.348 e. The Balaban J connectivity index is 1.67. The third kappa shape index (κ3) is 5.08. The van der Waals surface area contributed by atoms with Gasteiger partial charge in [-0.3, -0.25) is 14.4 Å². The molecule has 1 aliphatic heterocycles. The van der Waals surface area contributed by atoms with Crippen LogP contribution in [0.4, 0.5) is 0 Å². The van der Waals surface area contributed by atoms with Crippen LogP contribution < -0.4 is 16.6 Å². The molecular weight excluding hydrogens is 458 g/mol. The van der Waals surface area contributed by atoms with Gasteiger partial charge < -0.3 is 20.9 Å². The van der Waals surface area contributed by atoms with Gasteiger partial charge in [0.1, 0.15) is 0 Å². The van der Waals surface area contributed by atoms with Crippen molar-refractivity contribution in [3.63, 3.8) is 0 Å². The lowest BCUT2D eigenvalue weighted by atomic mass is 10.0. The van der Waals surface area contributed by atoms with Crippen LogP contribution in [0.1, 0.15) is 65.6 Å². The molecule has 0 atom stereocenters. The summed E-state index contributed by atoms with van der Waals surface area (Å²) in [5, 5.41) is 8.03. The van der Waals surface area contributed by atoms with Crippen molar-refractivity contribution in [2.45, 2.75) is 53.1 Å². The molecular formula is C26H33N7O3. The number of fused-ring (bicyclic) bond motifs is 1. The normalized spacial score (nSPS) is 13.8. The Labute approximate surface area is 209 Å². The van der Waals surface area contributed by atoms with Crippen LogP contribution in [-0.2, 0) is 11.3 Å². The zero-order valence-electron chi connectivity index (χ0n) is 21.2. The monoisotopic (exact) mass is 491 g/mol. The number of aryl methyl sites for hydroxylation is 2. The number of nitrogens with one attached hydrogen (secondary N) is 2. The number of rotatable bonds is 7. The van der Waals surface area contributed by atoms with Crippen molar-refractivity contribution < 1.29 is 9.59 Å². The van der Waals surface area contributed by atoms with Crippen LogP contribution in [0, 0.1) is 13.8 Å². The molecule has 190 valence electrons. The van der Waals surface area contributed by atoms with Crippen molar-refractivity contribution in [2.75, 3.05) is 19.6 Å². The maximum absolute atomic E-state index is 13.4. The minimum absolute atomic E-state index is 0.0375. The second kappa shape index (κ2) is 10.4. The van der Waals surface area contributed by atoms with Gasteiger partial charge in [-0.05, 0) is 57.4 Å². The van der Waals surface area contributed by atoms with E-state index < -0.39 is 0 Å². The van der Waals surface area contributed by atoms with Crippen molar-refractivity contribution in [1.82, 2.24) is 30.0 Å². The zero-order valence-corrected chi connectivity index (χ0v) is 21.2. The van der Waals surface area contributed by atoms with E-state index in [1.54, 1.807) is 21.8 Å². The minimum Gasteiger partial charge on any atom is -0.348 e. The molecule has 0 saturated carbocycles. The Morgan fingerprint density at radius 1 is 1.25 bits per heavy atom. The SMILES string of the molecule is Cc1cc(C)c(CNC(=O)c2cc(C3=CCN(C(=O)CCN)CC3)nc3c2cnn3C(C)C)c(=O)[nH]1. The standard InChI is InChI=1S/C26H33N7O3/c1-15(2)33-24-21(14-29-33)19(25(35)28-13-20-16(3)11-17(4)30-26(20)36)12-22(31-24)18-6-9-32(10-7-18)23(34)5-8-27/h6,11-12,14-15H,5,7-10,13,27H2,1-4H3,(H,28,35)(H,30,36). The Hall–Kier alpha value is -3.79. The minimum atomic E-state index is -0.303. The first-order valence-corrected chi connectivity index (χ1v) is 12.2. The van der Waals surface area contributed by atoms with Gasteiger partial charge in [-0.25, -0.2) is 9.67 Å².